The number of fused-ring (bicyclic) bond motifs is 2. The Morgan fingerprint density at radius 3 is 2.22 bits per heavy atom. The summed E-state index contributed by atoms with van der Waals surface area (Å²) in [5.41, 5.74) is 1.45. The first-order valence-corrected chi connectivity index (χ1v) is 12.1. The molecule has 2 bridgehead atoms. The van der Waals surface area contributed by atoms with E-state index in [0.29, 0.717) is 18.6 Å². The molecule has 3 aliphatic rings. The molecule has 2 aromatic carbocycles. The van der Waals surface area contributed by atoms with E-state index in [0.717, 1.165) is 49.8 Å². The van der Waals surface area contributed by atoms with Crippen molar-refractivity contribution in [2.75, 3.05) is 20.3 Å². The maximum atomic E-state index is 13.0. The van der Waals surface area contributed by atoms with Crippen molar-refractivity contribution in [1.82, 2.24) is 5.01 Å². The summed E-state index contributed by atoms with van der Waals surface area (Å²) in [5.74, 6) is 0.531. The summed E-state index contributed by atoms with van der Waals surface area (Å²) in [5, 5.41) is 20.6. The highest BCUT2D eigenvalue weighted by molar-refractivity contribution is 5.96. The first kappa shape index (κ1) is 21.7. The molecule has 5 rings (SSSR count). The van der Waals surface area contributed by atoms with Gasteiger partial charge in [-0.25, -0.2) is 0 Å². The molecule has 0 unspecified atom stereocenters. The predicted octanol–water partition coefficient (Wildman–Crippen LogP) is 5.22. The quantitative estimate of drug-likeness (QED) is 0.681. The standard InChI is InChI=1S/C28H36N2O2/c1-26(2)23-16-17-27(26,25(19-23)29-30-18-10-15-24(30)20-32-3)28(31,21-11-6-4-7-12-21)22-13-8-5-9-14-22/h4-9,11-14,23-24,31H,10,15-20H2,1-3H3/b29-25+/t23-,24+,27+/m1/s1. The first-order chi connectivity index (χ1) is 15.4. The van der Waals surface area contributed by atoms with Gasteiger partial charge in [0.15, 0.2) is 0 Å². The van der Waals surface area contributed by atoms with Crippen LogP contribution in [0.1, 0.15) is 57.1 Å². The summed E-state index contributed by atoms with van der Waals surface area (Å²) in [4.78, 5) is 0. The van der Waals surface area contributed by atoms with Gasteiger partial charge in [-0.2, -0.15) is 5.10 Å². The lowest BCUT2D eigenvalue weighted by molar-refractivity contribution is -0.0639. The minimum Gasteiger partial charge on any atom is -0.382 e. The lowest BCUT2D eigenvalue weighted by Crippen LogP contribution is -2.55. The van der Waals surface area contributed by atoms with Crippen LogP contribution >= 0.6 is 0 Å². The Morgan fingerprint density at radius 2 is 1.66 bits per heavy atom. The van der Waals surface area contributed by atoms with Crippen molar-refractivity contribution >= 4 is 5.71 Å². The molecule has 0 aromatic heterocycles. The number of nitrogens with zero attached hydrogens (tertiary/aromatic N) is 2. The second-order valence-corrected chi connectivity index (χ2v) is 10.5. The zero-order valence-corrected chi connectivity index (χ0v) is 19.6. The molecule has 2 aromatic rings. The lowest BCUT2D eigenvalue weighted by atomic mass is 9.55. The van der Waals surface area contributed by atoms with E-state index in [1.165, 1.54) is 5.71 Å². The zero-order valence-electron chi connectivity index (χ0n) is 19.6. The van der Waals surface area contributed by atoms with Crippen LogP contribution in [0, 0.1) is 16.7 Å². The van der Waals surface area contributed by atoms with E-state index in [1.54, 1.807) is 7.11 Å². The molecule has 0 amide bonds. The van der Waals surface area contributed by atoms with Crippen LogP contribution in [0.5, 0.6) is 0 Å². The molecule has 170 valence electrons. The summed E-state index contributed by atoms with van der Waals surface area (Å²) < 4.78 is 5.49. The van der Waals surface area contributed by atoms with Crippen LogP contribution in [0.3, 0.4) is 0 Å². The van der Waals surface area contributed by atoms with Gasteiger partial charge in [-0.05, 0) is 54.6 Å². The summed E-state index contributed by atoms with van der Waals surface area (Å²) in [7, 11) is 1.77. The van der Waals surface area contributed by atoms with Crippen molar-refractivity contribution < 1.29 is 9.84 Å². The van der Waals surface area contributed by atoms with Crippen LogP contribution in [0.4, 0.5) is 0 Å². The maximum absolute atomic E-state index is 13.0. The third-order valence-corrected chi connectivity index (χ3v) is 8.88. The third kappa shape index (κ3) is 2.92. The molecule has 3 fully saturated rings. The summed E-state index contributed by atoms with van der Waals surface area (Å²) >= 11 is 0. The Hall–Kier alpha value is -2.17. The second kappa shape index (κ2) is 8.00. The van der Waals surface area contributed by atoms with Crippen LogP contribution in [0.25, 0.3) is 0 Å². The SMILES string of the molecule is COC[C@@H]1CCCN1/N=C1\C[C@H]2CC[C@@]1(C(O)(c1ccccc1)c1ccccc1)C2(C)C. The minimum absolute atomic E-state index is 0.0667. The number of methoxy groups -OCH3 is 1. The molecule has 0 spiro atoms. The number of hydrogen-bond donors (Lipinski definition) is 1. The fourth-order valence-corrected chi connectivity index (χ4v) is 7.17. The highest BCUT2D eigenvalue weighted by Crippen LogP contribution is 2.71. The molecule has 3 atom stereocenters. The first-order valence-electron chi connectivity index (χ1n) is 12.1. The Balaban J connectivity index is 1.71. The van der Waals surface area contributed by atoms with E-state index in [1.807, 2.05) is 36.4 Å². The number of ether oxygens (including phenoxy) is 1. The monoisotopic (exact) mass is 432 g/mol. The zero-order chi connectivity index (χ0) is 22.4. The molecule has 4 heteroatoms. The molecular weight excluding hydrogens is 396 g/mol. The Morgan fingerprint density at radius 1 is 1.03 bits per heavy atom. The summed E-state index contributed by atoms with van der Waals surface area (Å²) in [6.07, 6.45) is 5.31. The van der Waals surface area contributed by atoms with Crippen molar-refractivity contribution in [2.45, 2.75) is 57.6 Å². The average molecular weight is 433 g/mol. The van der Waals surface area contributed by atoms with E-state index in [9.17, 15) is 5.11 Å². The van der Waals surface area contributed by atoms with Crippen LogP contribution < -0.4 is 0 Å². The van der Waals surface area contributed by atoms with Crippen molar-refractivity contribution in [2.24, 2.45) is 21.8 Å². The van der Waals surface area contributed by atoms with Gasteiger partial charge < -0.3 is 9.84 Å². The highest BCUT2D eigenvalue weighted by Gasteiger charge is 2.72. The molecule has 1 heterocycles. The Kier molecular flexibility index (Phi) is 5.42. The molecule has 2 saturated carbocycles. The molecule has 0 radical (unpaired) electrons. The van der Waals surface area contributed by atoms with Gasteiger partial charge in [0.1, 0.15) is 5.60 Å². The van der Waals surface area contributed by atoms with Gasteiger partial charge >= 0.3 is 0 Å². The van der Waals surface area contributed by atoms with E-state index >= 15 is 0 Å². The van der Waals surface area contributed by atoms with Gasteiger partial charge in [0.2, 0.25) is 0 Å². The number of benzene rings is 2. The molecule has 32 heavy (non-hydrogen) atoms. The van der Waals surface area contributed by atoms with Crippen LogP contribution in [-0.4, -0.2) is 42.1 Å². The third-order valence-electron chi connectivity index (χ3n) is 8.88. The fraction of sp³-hybridized carbons (Fsp3) is 0.536. The molecule has 1 saturated heterocycles. The van der Waals surface area contributed by atoms with E-state index in [2.05, 4.69) is 43.1 Å². The molecular formula is C28H36N2O2. The van der Waals surface area contributed by atoms with Crippen molar-refractivity contribution in [1.29, 1.82) is 0 Å². The van der Waals surface area contributed by atoms with Gasteiger partial charge in [0.25, 0.3) is 0 Å². The van der Waals surface area contributed by atoms with Crippen molar-refractivity contribution in [3.8, 4) is 0 Å². The van der Waals surface area contributed by atoms with Gasteiger partial charge in [-0.1, -0.05) is 74.5 Å². The van der Waals surface area contributed by atoms with Crippen LogP contribution in [0.15, 0.2) is 65.8 Å². The Labute approximate surface area is 192 Å². The fourth-order valence-electron chi connectivity index (χ4n) is 7.17. The van der Waals surface area contributed by atoms with Crippen molar-refractivity contribution in [3.05, 3.63) is 71.8 Å². The summed E-state index contributed by atoms with van der Waals surface area (Å²) in [6, 6.07) is 20.9. The summed E-state index contributed by atoms with van der Waals surface area (Å²) in [6.45, 7) is 6.40. The van der Waals surface area contributed by atoms with E-state index in [4.69, 9.17) is 9.84 Å². The number of hydrogen-bond acceptors (Lipinski definition) is 4. The van der Waals surface area contributed by atoms with Crippen molar-refractivity contribution in [3.63, 3.8) is 0 Å². The average Bonchev–Trinajstić information content (AvgIpc) is 3.43. The van der Waals surface area contributed by atoms with E-state index in [-0.39, 0.29) is 5.41 Å². The largest absolute Gasteiger partial charge is 0.382 e. The molecule has 1 N–H and O–H groups in total. The normalized spacial score (nSPS) is 30.4. The molecule has 1 aliphatic heterocycles. The minimum atomic E-state index is -1.14. The van der Waals surface area contributed by atoms with Crippen LogP contribution in [0.2, 0.25) is 0 Å². The molecule has 2 aliphatic carbocycles. The number of hydrazone groups is 1. The van der Waals surface area contributed by atoms with E-state index < -0.39 is 11.0 Å². The van der Waals surface area contributed by atoms with Crippen LogP contribution in [-0.2, 0) is 10.3 Å². The maximum Gasteiger partial charge on any atom is 0.126 e. The second-order valence-electron chi connectivity index (χ2n) is 10.5. The van der Waals surface area contributed by atoms with Gasteiger partial charge in [-0.3, -0.25) is 5.01 Å². The lowest BCUT2D eigenvalue weighted by Gasteiger charge is -2.51. The Bertz CT molecular complexity index is 932. The number of aliphatic hydroxyl groups is 1. The topological polar surface area (TPSA) is 45.1 Å². The van der Waals surface area contributed by atoms with Gasteiger partial charge in [0.05, 0.1) is 18.1 Å². The number of rotatable bonds is 6. The smallest absolute Gasteiger partial charge is 0.126 e. The highest BCUT2D eigenvalue weighted by atomic mass is 16.5. The van der Waals surface area contributed by atoms with Gasteiger partial charge in [0, 0.05) is 19.4 Å². The predicted molar refractivity (Wildman–Crippen MR) is 128 cm³/mol. The van der Waals surface area contributed by atoms with Gasteiger partial charge in [-0.15, -0.1) is 0 Å². The molecule has 4 nitrogen and oxygen atoms in total.